The first kappa shape index (κ1) is 14.4. The Balaban J connectivity index is 1.79. The second-order valence-electron chi connectivity index (χ2n) is 5.54. The SMILES string of the molecule is CCc1ccc2occ(CC(=O)Nc3cccc(C)c3)c2c1. The summed E-state index contributed by atoms with van der Waals surface area (Å²) in [5.74, 6) is -0.0322. The van der Waals surface area contributed by atoms with Crippen LogP contribution in [0.15, 0.2) is 53.1 Å². The number of carbonyl (C=O) groups is 1. The molecule has 1 amide bonds. The van der Waals surface area contributed by atoms with Crippen LogP contribution in [0, 0.1) is 6.92 Å². The van der Waals surface area contributed by atoms with E-state index in [0.717, 1.165) is 34.2 Å². The molecule has 0 unspecified atom stereocenters. The summed E-state index contributed by atoms with van der Waals surface area (Å²) < 4.78 is 5.54. The van der Waals surface area contributed by atoms with E-state index < -0.39 is 0 Å². The van der Waals surface area contributed by atoms with E-state index in [4.69, 9.17) is 4.42 Å². The van der Waals surface area contributed by atoms with Crippen LogP contribution >= 0.6 is 0 Å². The summed E-state index contributed by atoms with van der Waals surface area (Å²) in [5.41, 5.74) is 4.95. The van der Waals surface area contributed by atoms with E-state index >= 15 is 0 Å². The molecule has 3 rings (SSSR count). The van der Waals surface area contributed by atoms with Crippen molar-refractivity contribution in [2.45, 2.75) is 26.7 Å². The zero-order valence-corrected chi connectivity index (χ0v) is 12.8. The lowest BCUT2D eigenvalue weighted by Gasteiger charge is -2.05. The van der Waals surface area contributed by atoms with Crippen molar-refractivity contribution in [1.82, 2.24) is 0 Å². The number of rotatable bonds is 4. The van der Waals surface area contributed by atoms with Gasteiger partial charge in [-0.15, -0.1) is 0 Å². The van der Waals surface area contributed by atoms with Crippen LogP contribution in [0.4, 0.5) is 5.69 Å². The highest BCUT2D eigenvalue weighted by atomic mass is 16.3. The van der Waals surface area contributed by atoms with Crippen molar-refractivity contribution in [2.75, 3.05) is 5.32 Å². The average molecular weight is 293 g/mol. The third-order valence-electron chi connectivity index (χ3n) is 3.78. The summed E-state index contributed by atoms with van der Waals surface area (Å²) in [6, 6.07) is 13.9. The first-order valence-corrected chi connectivity index (χ1v) is 7.51. The number of aryl methyl sites for hydroxylation is 2. The molecule has 0 bridgehead atoms. The second kappa shape index (κ2) is 6.06. The Labute approximate surface area is 130 Å². The molecule has 3 aromatic rings. The quantitative estimate of drug-likeness (QED) is 0.770. The van der Waals surface area contributed by atoms with Gasteiger partial charge in [0.15, 0.2) is 0 Å². The molecular weight excluding hydrogens is 274 g/mol. The Morgan fingerprint density at radius 3 is 2.82 bits per heavy atom. The first-order chi connectivity index (χ1) is 10.7. The number of amides is 1. The van der Waals surface area contributed by atoms with Crippen molar-refractivity contribution in [1.29, 1.82) is 0 Å². The Morgan fingerprint density at radius 2 is 2.05 bits per heavy atom. The summed E-state index contributed by atoms with van der Waals surface area (Å²) in [7, 11) is 0. The molecule has 3 heteroatoms. The van der Waals surface area contributed by atoms with Crippen LogP contribution in [0.3, 0.4) is 0 Å². The number of hydrogen-bond acceptors (Lipinski definition) is 2. The molecule has 0 aliphatic carbocycles. The van der Waals surface area contributed by atoms with Gasteiger partial charge in [0.05, 0.1) is 12.7 Å². The van der Waals surface area contributed by atoms with Gasteiger partial charge in [-0.3, -0.25) is 4.79 Å². The summed E-state index contributed by atoms with van der Waals surface area (Å²) in [4.78, 5) is 12.2. The monoisotopic (exact) mass is 293 g/mol. The van der Waals surface area contributed by atoms with E-state index in [1.165, 1.54) is 5.56 Å². The molecule has 1 aromatic heterocycles. The van der Waals surface area contributed by atoms with Gasteiger partial charge in [0, 0.05) is 16.6 Å². The number of hydrogen-bond donors (Lipinski definition) is 1. The number of nitrogens with one attached hydrogen (secondary N) is 1. The minimum Gasteiger partial charge on any atom is -0.464 e. The predicted octanol–water partition coefficient (Wildman–Crippen LogP) is 4.48. The lowest BCUT2D eigenvalue weighted by molar-refractivity contribution is -0.115. The smallest absolute Gasteiger partial charge is 0.228 e. The van der Waals surface area contributed by atoms with Gasteiger partial charge in [-0.2, -0.15) is 0 Å². The maximum Gasteiger partial charge on any atom is 0.228 e. The highest BCUT2D eigenvalue weighted by Crippen LogP contribution is 2.23. The Morgan fingerprint density at radius 1 is 1.18 bits per heavy atom. The van der Waals surface area contributed by atoms with Crippen LogP contribution in [0.2, 0.25) is 0 Å². The number of furan rings is 1. The molecule has 112 valence electrons. The fraction of sp³-hybridized carbons (Fsp3) is 0.211. The molecule has 1 N–H and O–H groups in total. The molecular formula is C19H19NO2. The van der Waals surface area contributed by atoms with Crippen LogP contribution in [-0.2, 0) is 17.6 Å². The normalized spacial score (nSPS) is 10.8. The van der Waals surface area contributed by atoms with Gasteiger partial charge < -0.3 is 9.73 Å². The van der Waals surface area contributed by atoms with E-state index in [0.29, 0.717) is 6.42 Å². The van der Waals surface area contributed by atoms with Crippen LogP contribution in [0.25, 0.3) is 11.0 Å². The van der Waals surface area contributed by atoms with E-state index in [9.17, 15) is 4.79 Å². The van der Waals surface area contributed by atoms with E-state index in [1.807, 2.05) is 37.3 Å². The van der Waals surface area contributed by atoms with Crippen molar-refractivity contribution >= 4 is 22.6 Å². The largest absolute Gasteiger partial charge is 0.464 e. The predicted molar refractivity (Wildman–Crippen MR) is 89.1 cm³/mol. The minimum atomic E-state index is -0.0322. The van der Waals surface area contributed by atoms with Crippen molar-refractivity contribution < 1.29 is 9.21 Å². The van der Waals surface area contributed by atoms with Crippen LogP contribution in [-0.4, -0.2) is 5.91 Å². The van der Waals surface area contributed by atoms with Crippen LogP contribution in [0.5, 0.6) is 0 Å². The number of anilines is 1. The maximum atomic E-state index is 12.2. The maximum absolute atomic E-state index is 12.2. The van der Waals surface area contributed by atoms with Gasteiger partial charge in [-0.05, 0) is 48.7 Å². The Hall–Kier alpha value is -2.55. The van der Waals surface area contributed by atoms with Gasteiger partial charge in [-0.25, -0.2) is 0 Å². The standard InChI is InChI=1S/C19H19NO2/c1-3-14-7-8-18-17(10-14)15(12-22-18)11-19(21)20-16-6-4-5-13(2)9-16/h4-10,12H,3,11H2,1-2H3,(H,20,21). The van der Waals surface area contributed by atoms with Crippen molar-refractivity contribution in [3.05, 3.63) is 65.4 Å². The number of fused-ring (bicyclic) bond motifs is 1. The topological polar surface area (TPSA) is 42.2 Å². The molecule has 0 fully saturated rings. The molecule has 0 aliphatic heterocycles. The van der Waals surface area contributed by atoms with Gasteiger partial charge in [0.1, 0.15) is 5.58 Å². The van der Waals surface area contributed by atoms with Crippen molar-refractivity contribution in [3.63, 3.8) is 0 Å². The molecule has 2 aromatic carbocycles. The van der Waals surface area contributed by atoms with Crippen LogP contribution < -0.4 is 5.32 Å². The Kier molecular flexibility index (Phi) is 3.96. The molecule has 0 saturated heterocycles. The van der Waals surface area contributed by atoms with E-state index in [2.05, 4.69) is 24.4 Å². The lowest BCUT2D eigenvalue weighted by atomic mass is 10.1. The fourth-order valence-corrected chi connectivity index (χ4v) is 2.59. The summed E-state index contributed by atoms with van der Waals surface area (Å²) in [5, 5.41) is 3.96. The number of carbonyl (C=O) groups excluding carboxylic acids is 1. The third kappa shape index (κ3) is 3.03. The zero-order chi connectivity index (χ0) is 15.5. The molecule has 22 heavy (non-hydrogen) atoms. The molecule has 0 atom stereocenters. The summed E-state index contributed by atoms with van der Waals surface area (Å²) >= 11 is 0. The number of benzene rings is 2. The molecule has 0 saturated carbocycles. The highest BCUT2D eigenvalue weighted by Gasteiger charge is 2.11. The van der Waals surface area contributed by atoms with Crippen molar-refractivity contribution in [3.8, 4) is 0 Å². The molecule has 1 heterocycles. The third-order valence-corrected chi connectivity index (χ3v) is 3.78. The summed E-state index contributed by atoms with van der Waals surface area (Å²) in [6.45, 7) is 4.12. The lowest BCUT2D eigenvalue weighted by Crippen LogP contribution is -2.14. The average Bonchev–Trinajstić information content (AvgIpc) is 2.89. The van der Waals surface area contributed by atoms with Gasteiger partial charge in [0.25, 0.3) is 0 Å². The molecule has 0 spiro atoms. The van der Waals surface area contributed by atoms with Crippen molar-refractivity contribution in [2.24, 2.45) is 0 Å². The van der Waals surface area contributed by atoms with Gasteiger partial charge in [0.2, 0.25) is 5.91 Å². The molecule has 0 aliphatic rings. The van der Waals surface area contributed by atoms with Gasteiger partial charge >= 0.3 is 0 Å². The summed E-state index contributed by atoms with van der Waals surface area (Å²) in [6.07, 6.45) is 2.96. The molecule has 3 nitrogen and oxygen atoms in total. The van der Waals surface area contributed by atoms with E-state index in [1.54, 1.807) is 6.26 Å². The van der Waals surface area contributed by atoms with Crippen LogP contribution in [0.1, 0.15) is 23.6 Å². The van der Waals surface area contributed by atoms with E-state index in [-0.39, 0.29) is 5.91 Å². The minimum absolute atomic E-state index is 0.0322. The fourth-order valence-electron chi connectivity index (χ4n) is 2.59. The molecule has 0 radical (unpaired) electrons. The Bertz CT molecular complexity index is 817. The van der Waals surface area contributed by atoms with Gasteiger partial charge in [-0.1, -0.05) is 25.1 Å². The highest BCUT2D eigenvalue weighted by molar-refractivity contribution is 5.95. The zero-order valence-electron chi connectivity index (χ0n) is 12.8. The first-order valence-electron chi connectivity index (χ1n) is 7.51. The second-order valence-corrected chi connectivity index (χ2v) is 5.54.